The molecule has 1 aromatic heterocycles. The summed E-state index contributed by atoms with van der Waals surface area (Å²) in [6.07, 6.45) is 0. The topological polar surface area (TPSA) is 89.6 Å². The van der Waals surface area contributed by atoms with Crippen LogP contribution in [0, 0.1) is 0 Å². The average Bonchev–Trinajstić information content (AvgIpc) is 2.92. The number of alkyl halides is 2. The van der Waals surface area contributed by atoms with Crippen molar-refractivity contribution in [3.05, 3.63) is 72.3 Å². The standard InChI is InChI=1S/C29H32Cl2N6O2/c1-36(2)19-16-32-28(38)24-8-5-7-23-26(22-6-3-4-9-25(22)34-27(23)24)35-29(39)33-20-10-12-21(13-11-20)37(17-14-30)18-15-31/h3-13H,14-19H2,1-2H3,(H,32,38)(H2,33,34,35,39). The number of rotatable bonds is 11. The van der Waals surface area contributed by atoms with E-state index < -0.39 is 6.03 Å². The minimum absolute atomic E-state index is 0.210. The Kier molecular flexibility index (Phi) is 9.81. The number of benzene rings is 3. The molecule has 1 heterocycles. The smallest absolute Gasteiger partial charge is 0.323 e. The molecule has 0 saturated carbocycles. The molecule has 0 saturated heterocycles. The number of anilines is 3. The first-order valence-corrected chi connectivity index (χ1v) is 13.8. The number of fused-ring (bicyclic) bond motifs is 2. The summed E-state index contributed by atoms with van der Waals surface area (Å²) in [5.41, 5.74) is 3.85. The second-order valence-electron chi connectivity index (χ2n) is 9.26. The van der Waals surface area contributed by atoms with Crippen LogP contribution < -0.4 is 20.9 Å². The van der Waals surface area contributed by atoms with Gasteiger partial charge in [0.1, 0.15) is 0 Å². The Hall–Kier alpha value is -3.59. The normalized spacial score (nSPS) is 11.1. The van der Waals surface area contributed by atoms with Gasteiger partial charge in [0, 0.05) is 60.1 Å². The lowest BCUT2D eigenvalue weighted by molar-refractivity contribution is 0.0952. The number of pyridine rings is 1. The van der Waals surface area contributed by atoms with E-state index in [1.807, 2.05) is 73.6 Å². The van der Waals surface area contributed by atoms with Gasteiger partial charge in [0.25, 0.3) is 5.91 Å². The number of urea groups is 1. The van der Waals surface area contributed by atoms with Crippen LogP contribution >= 0.6 is 23.2 Å². The van der Waals surface area contributed by atoms with Crippen LogP contribution in [0.2, 0.25) is 0 Å². The van der Waals surface area contributed by atoms with Gasteiger partial charge in [0.2, 0.25) is 0 Å². The van der Waals surface area contributed by atoms with Crippen molar-refractivity contribution in [3.63, 3.8) is 0 Å². The molecule has 4 rings (SSSR count). The number of carbonyl (C=O) groups is 2. The Labute approximate surface area is 238 Å². The van der Waals surface area contributed by atoms with Crippen LogP contribution in [0.1, 0.15) is 10.4 Å². The zero-order valence-electron chi connectivity index (χ0n) is 22.0. The van der Waals surface area contributed by atoms with E-state index >= 15 is 0 Å². The molecule has 3 N–H and O–H groups in total. The average molecular weight is 568 g/mol. The molecule has 0 atom stereocenters. The Balaban J connectivity index is 1.60. The van der Waals surface area contributed by atoms with Crippen molar-refractivity contribution >= 4 is 74.0 Å². The first-order valence-electron chi connectivity index (χ1n) is 12.7. The lowest BCUT2D eigenvalue weighted by atomic mass is 10.0. The molecule has 0 aliphatic heterocycles. The van der Waals surface area contributed by atoms with Crippen molar-refractivity contribution in [1.82, 2.24) is 15.2 Å². The largest absolute Gasteiger partial charge is 0.369 e. The molecule has 0 unspecified atom stereocenters. The lowest BCUT2D eigenvalue weighted by Crippen LogP contribution is -2.31. The monoisotopic (exact) mass is 566 g/mol. The van der Waals surface area contributed by atoms with Crippen LogP contribution in [0.3, 0.4) is 0 Å². The van der Waals surface area contributed by atoms with E-state index in [2.05, 4.69) is 20.9 Å². The number of aromatic nitrogens is 1. The fourth-order valence-corrected chi connectivity index (χ4v) is 4.73. The molecule has 39 heavy (non-hydrogen) atoms. The summed E-state index contributed by atoms with van der Waals surface area (Å²) in [7, 11) is 3.90. The molecule has 3 aromatic carbocycles. The van der Waals surface area contributed by atoms with Gasteiger partial charge in [-0.1, -0.05) is 30.3 Å². The highest BCUT2D eigenvalue weighted by Crippen LogP contribution is 2.32. The van der Waals surface area contributed by atoms with Gasteiger partial charge in [0.15, 0.2) is 0 Å². The van der Waals surface area contributed by atoms with Crippen LogP contribution in [-0.2, 0) is 0 Å². The first kappa shape index (κ1) is 28.4. The van der Waals surface area contributed by atoms with E-state index in [4.69, 9.17) is 28.2 Å². The number of nitrogens with one attached hydrogen (secondary N) is 3. The molecule has 4 aromatic rings. The molecule has 0 spiro atoms. The van der Waals surface area contributed by atoms with E-state index in [0.29, 0.717) is 64.8 Å². The van der Waals surface area contributed by atoms with Gasteiger partial charge >= 0.3 is 6.03 Å². The van der Waals surface area contributed by atoms with Crippen LogP contribution in [0.25, 0.3) is 21.8 Å². The van der Waals surface area contributed by atoms with E-state index in [1.54, 1.807) is 12.1 Å². The Bertz CT molecular complexity index is 1440. The highest BCUT2D eigenvalue weighted by atomic mass is 35.5. The van der Waals surface area contributed by atoms with Gasteiger partial charge in [-0.15, -0.1) is 23.2 Å². The van der Waals surface area contributed by atoms with Gasteiger partial charge < -0.3 is 25.8 Å². The predicted octanol–water partition coefficient (Wildman–Crippen LogP) is 5.61. The van der Waals surface area contributed by atoms with Crippen molar-refractivity contribution in [3.8, 4) is 0 Å². The zero-order valence-corrected chi connectivity index (χ0v) is 23.5. The minimum atomic E-state index is -0.403. The van der Waals surface area contributed by atoms with Crippen LogP contribution in [0.4, 0.5) is 21.9 Å². The highest BCUT2D eigenvalue weighted by Gasteiger charge is 2.17. The Morgan fingerprint density at radius 3 is 2.21 bits per heavy atom. The third-order valence-electron chi connectivity index (χ3n) is 6.24. The molecular formula is C29H32Cl2N6O2. The summed E-state index contributed by atoms with van der Waals surface area (Å²) in [6, 6.07) is 20.1. The molecule has 10 heteroatoms. The molecule has 8 nitrogen and oxygen atoms in total. The number of para-hydroxylation sites is 2. The minimum Gasteiger partial charge on any atom is -0.369 e. The van der Waals surface area contributed by atoms with Crippen molar-refractivity contribution in [2.75, 3.05) is 67.6 Å². The lowest BCUT2D eigenvalue weighted by Gasteiger charge is -2.23. The summed E-state index contributed by atoms with van der Waals surface area (Å²) >= 11 is 11.8. The van der Waals surface area contributed by atoms with Gasteiger partial charge in [-0.2, -0.15) is 0 Å². The first-order chi connectivity index (χ1) is 18.9. The van der Waals surface area contributed by atoms with Gasteiger partial charge in [0.05, 0.1) is 22.3 Å². The predicted molar refractivity (Wildman–Crippen MR) is 163 cm³/mol. The second kappa shape index (κ2) is 13.5. The molecule has 3 amide bonds. The number of carbonyl (C=O) groups excluding carboxylic acids is 2. The van der Waals surface area contributed by atoms with E-state index in [-0.39, 0.29) is 5.91 Å². The zero-order chi connectivity index (χ0) is 27.8. The van der Waals surface area contributed by atoms with Crippen molar-refractivity contribution in [2.45, 2.75) is 0 Å². The summed E-state index contributed by atoms with van der Waals surface area (Å²) in [5, 5.41) is 10.3. The number of halogens is 2. The number of hydrogen-bond acceptors (Lipinski definition) is 5. The van der Waals surface area contributed by atoms with Crippen LogP contribution in [-0.4, -0.2) is 73.9 Å². The van der Waals surface area contributed by atoms with Gasteiger partial charge in [-0.3, -0.25) is 4.79 Å². The summed E-state index contributed by atoms with van der Waals surface area (Å²) in [5.74, 6) is 0.775. The van der Waals surface area contributed by atoms with Gasteiger partial charge in [-0.25, -0.2) is 9.78 Å². The Morgan fingerprint density at radius 2 is 1.51 bits per heavy atom. The fraction of sp³-hybridized carbons (Fsp3) is 0.276. The maximum absolute atomic E-state index is 13.1. The third-order valence-corrected chi connectivity index (χ3v) is 6.58. The Morgan fingerprint density at radius 1 is 0.821 bits per heavy atom. The number of likely N-dealkylation sites (N-methyl/N-ethyl adjacent to an activating group) is 1. The molecule has 204 valence electrons. The van der Waals surface area contributed by atoms with Crippen LogP contribution in [0.5, 0.6) is 0 Å². The summed E-state index contributed by atoms with van der Waals surface area (Å²) in [6.45, 7) is 2.59. The molecule has 0 aliphatic carbocycles. The third kappa shape index (κ3) is 7.09. The number of amides is 3. The van der Waals surface area contributed by atoms with Crippen molar-refractivity contribution in [2.24, 2.45) is 0 Å². The van der Waals surface area contributed by atoms with Crippen LogP contribution in [0.15, 0.2) is 66.7 Å². The fourth-order valence-electron chi connectivity index (χ4n) is 4.33. The molecule has 0 radical (unpaired) electrons. The number of nitrogens with zero attached hydrogens (tertiary/aromatic N) is 3. The van der Waals surface area contributed by atoms with E-state index in [1.165, 1.54) is 0 Å². The number of hydrogen-bond donors (Lipinski definition) is 3. The van der Waals surface area contributed by atoms with Gasteiger partial charge in [-0.05, 0) is 50.5 Å². The van der Waals surface area contributed by atoms with E-state index in [9.17, 15) is 9.59 Å². The maximum Gasteiger partial charge on any atom is 0.323 e. The van der Waals surface area contributed by atoms with Crippen molar-refractivity contribution < 1.29 is 9.59 Å². The molecule has 0 bridgehead atoms. The second-order valence-corrected chi connectivity index (χ2v) is 10.0. The SMILES string of the molecule is CN(C)CCNC(=O)c1cccc2c(NC(=O)Nc3ccc(N(CCCl)CCCl)cc3)c3ccccc3nc12. The molecule has 0 fully saturated rings. The summed E-state index contributed by atoms with van der Waals surface area (Å²) in [4.78, 5) is 35.0. The summed E-state index contributed by atoms with van der Waals surface area (Å²) < 4.78 is 0. The quantitative estimate of drug-likeness (QED) is 0.162. The maximum atomic E-state index is 13.1. The molecule has 0 aliphatic rings. The van der Waals surface area contributed by atoms with E-state index in [0.717, 1.165) is 17.6 Å². The van der Waals surface area contributed by atoms with Crippen molar-refractivity contribution in [1.29, 1.82) is 0 Å². The highest BCUT2D eigenvalue weighted by molar-refractivity contribution is 6.19. The molecular weight excluding hydrogens is 535 g/mol.